The van der Waals surface area contributed by atoms with E-state index in [9.17, 15) is 14.0 Å². The van der Waals surface area contributed by atoms with Crippen LogP contribution >= 0.6 is 11.6 Å². The number of carbonyl (C=O) groups is 2. The zero-order valence-electron chi connectivity index (χ0n) is 14.6. The van der Waals surface area contributed by atoms with Gasteiger partial charge in [0.1, 0.15) is 11.5 Å². The van der Waals surface area contributed by atoms with Crippen molar-refractivity contribution in [2.45, 2.75) is 24.9 Å². The number of hydrogen-bond acceptors (Lipinski definition) is 3. The Morgan fingerprint density at radius 3 is 2.67 bits per heavy atom. The molecule has 0 radical (unpaired) electrons. The summed E-state index contributed by atoms with van der Waals surface area (Å²) in [7, 11) is 0. The highest BCUT2D eigenvalue weighted by Gasteiger charge is 2.40. The molecule has 5 nitrogen and oxygen atoms in total. The van der Waals surface area contributed by atoms with E-state index in [0.29, 0.717) is 47.8 Å². The van der Waals surface area contributed by atoms with Crippen LogP contribution in [0.5, 0.6) is 0 Å². The largest absolute Gasteiger partial charge is 0.362 e. The number of nitrogens with zero attached hydrogens (tertiary/aromatic N) is 1. The van der Waals surface area contributed by atoms with E-state index >= 15 is 0 Å². The molecular weight excluding hydrogens is 369 g/mol. The average Bonchev–Trinajstić information content (AvgIpc) is 2.61. The maximum Gasteiger partial charge on any atom is 0.255 e. The number of anilines is 1. The molecule has 0 saturated carbocycles. The lowest BCUT2D eigenvalue weighted by Gasteiger charge is -2.46. The van der Waals surface area contributed by atoms with E-state index in [1.165, 1.54) is 12.1 Å². The number of hydrogen-bond donors (Lipinski definition) is 2. The fraction of sp³-hybridized carbons (Fsp3) is 0.300. The van der Waals surface area contributed by atoms with Crippen LogP contribution in [0.15, 0.2) is 42.5 Å². The number of rotatable bonds is 2. The molecule has 2 heterocycles. The molecule has 2 aliphatic heterocycles. The van der Waals surface area contributed by atoms with Gasteiger partial charge < -0.3 is 15.5 Å². The van der Waals surface area contributed by atoms with Crippen LogP contribution in [0, 0.1) is 5.82 Å². The van der Waals surface area contributed by atoms with Gasteiger partial charge in [0.15, 0.2) is 0 Å². The molecule has 140 valence electrons. The van der Waals surface area contributed by atoms with Crippen molar-refractivity contribution in [2.24, 2.45) is 0 Å². The molecule has 1 spiro atoms. The predicted molar refractivity (Wildman–Crippen MR) is 101 cm³/mol. The highest BCUT2D eigenvalue weighted by atomic mass is 35.5. The third kappa shape index (κ3) is 3.62. The highest BCUT2D eigenvalue weighted by Crippen LogP contribution is 2.33. The van der Waals surface area contributed by atoms with Crippen molar-refractivity contribution in [1.29, 1.82) is 0 Å². The summed E-state index contributed by atoms with van der Waals surface area (Å²) in [5.41, 5.74) is 1.36. The Labute approximate surface area is 161 Å². The maximum absolute atomic E-state index is 13.3. The normalized spacial score (nSPS) is 17.9. The van der Waals surface area contributed by atoms with Crippen molar-refractivity contribution in [2.75, 3.05) is 18.4 Å². The van der Waals surface area contributed by atoms with Crippen molar-refractivity contribution in [3.63, 3.8) is 0 Å². The van der Waals surface area contributed by atoms with Crippen LogP contribution < -0.4 is 10.6 Å². The van der Waals surface area contributed by atoms with Crippen LogP contribution in [0.25, 0.3) is 0 Å². The molecule has 0 atom stereocenters. The lowest BCUT2D eigenvalue weighted by atomic mass is 9.92. The number of nitrogens with one attached hydrogen (secondary N) is 2. The summed E-state index contributed by atoms with van der Waals surface area (Å²) in [5.74, 6) is -0.523. The second-order valence-electron chi connectivity index (χ2n) is 7.04. The average molecular weight is 388 g/mol. The molecule has 27 heavy (non-hydrogen) atoms. The molecule has 2 aromatic carbocycles. The van der Waals surface area contributed by atoms with E-state index in [1.807, 2.05) is 0 Å². The first-order valence-electron chi connectivity index (χ1n) is 8.87. The molecule has 7 heteroatoms. The number of fused-ring (bicyclic) bond motifs is 1. The summed E-state index contributed by atoms with van der Waals surface area (Å²) >= 11 is 6.05. The maximum atomic E-state index is 13.3. The van der Waals surface area contributed by atoms with Gasteiger partial charge in [-0.05, 0) is 35.9 Å². The number of benzene rings is 2. The van der Waals surface area contributed by atoms with Crippen molar-refractivity contribution in [3.05, 3.63) is 64.4 Å². The van der Waals surface area contributed by atoms with Crippen LogP contribution in [0.1, 0.15) is 28.8 Å². The molecular formula is C20H19ClFN3O2. The van der Waals surface area contributed by atoms with Crippen LogP contribution in [0.3, 0.4) is 0 Å². The number of piperidine rings is 1. The van der Waals surface area contributed by atoms with E-state index in [2.05, 4.69) is 10.6 Å². The minimum Gasteiger partial charge on any atom is -0.362 e. The van der Waals surface area contributed by atoms with Gasteiger partial charge in [-0.1, -0.05) is 23.7 Å². The molecule has 0 unspecified atom stereocenters. The fourth-order valence-electron chi connectivity index (χ4n) is 3.71. The third-order valence-corrected chi connectivity index (χ3v) is 5.40. The van der Waals surface area contributed by atoms with Gasteiger partial charge in [-0.25, -0.2) is 4.39 Å². The predicted octanol–water partition coefficient (Wildman–Crippen LogP) is 3.20. The second-order valence-corrected chi connectivity index (χ2v) is 7.48. The lowest BCUT2D eigenvalue weighted by Crippen LogP contribution is -2.62. The molecule has 1 saturated heterocycles. The van der Waals surface area contributed by atoms with Gasteiger partial charge in [-0.15, -0.1) is 0 Å². The van der Waals surface area contributed by atoms with Gasteiger partial charge >= 0.3 is 0 Å². The Hall–Kier alpha value is -2.60. The lowest BCUT2D eigenvalue weighted by molar-refractivity contribution is -0.132. The summed E-state index contributed by atoms with van der Waals surface area (Å²) in [6.45, 7) is 1.02. The first-order chi connectivity index (χ1) is 12.9. The Bertz CT molecular complexity index is 910. The summed E-state index contributed by atoms with van der Waals surface area (Å²) in [6.07, 6.45) is 1.34. The van der Waals surface area contributed by atoms with E-state index in [1.54, 1.807) is 35.2 Å². The van der Waals surface area contributed by atoms with Gasteiger partial charge in [-0.2, -0.15) is 0 Å². The topological polar surface area (TPSA) is 61.4 Å². The van der Waals surface area contributed by atoms with Crippen LogP contribution in [0.4, 0.5) is 10.1 Å². The van der Waals surface area contributed by atoms with E-state index in [4.69, 9.17) is 11.6 Å². The van der Waals surface area contributed by atoms with E-state index < -0.39 is 5.66 Å². The van der Waals surface area contributed by atoms with Gasteiger partial charge in [0, 0.05) is 31.0 Å². The molecule has 2 N–H and O–H groups in total. The minimum atomic E-state index is -0.579. The Morgan fingerprint density at radius 1 is 1.15 bits per heavy atom. The van der Waals surface area contributed by atoms with Crippen LogP contribution in [-0.2, 0) is 11.2 Å². The van der Waals surface area contributed by atoms with E-state index in [0.717, 1.165) is 0 Å². The first-order valence-corrected chi connectivity index (χ1v) is 9.24. The molecule has 2 aliphatic rings. The van der Waals surface area contributed by atoms with Crippen molar-refractivity contribution >= 4 is 29.1 Å². The van der Waals surface area contributed by atoms with Crippen LogP contribution in [-0.4, -0.2) is 35.5 Å². The number of amides is 2. The summed E-state index contributed by atoms with van der Waals surface area (Å²) < 4.78 is 13.3. The fourth-order valence-corrected chi connectivity index (χ4v) is 3.88. The number of carbonyl (C=O) groups excluding carboxylic acids is 2. The van der Waals surface area contributed by atoms with E-state index in [-0.39, 0.29) is 24.1 Å². The highest BCUT2D eigenvalue weighted by molar-refractivity contribution is 6.31. The van der Waals surface area contributed by atoms with Gasteiger partial charge in [-0.3, -0.25) is 9.59 Å². The minimum absolute atomic E-state index is 0.0407. The standard InChI is InChI=1S/C20H19ClFN3O2/c21-14-4-5-16-17(12-14)23-20(24-19(16)27)6-8-25(9-7-20)18(26)11-13-2-1-3-15(22)10-13/h1-5,10,12,23H,6-9,11H2,(H,24,27). The Balaban J connectivity index is 1.43. The Kier molecular flexibility index (Phi) is 4.52. The van der Waals surface area contributed by atoms with Gasteiger partial charge in [0.25, 0.3) is 5.91 Å². The second kappa shape index (κ2) is 6.85. The molecule has 0 aromatic heterocycles. The summed E-state index contributed by atoms with van der Waals surface area (Å²) in [5, 5.41) is 7.00. The molecule has 2 aromatic rings. The first kappa shape index (κ1) is 17.8. The summed E-state index contributed by atoms with van der Waals surface area (Å²) in [6, 6.07) is 11.2. The molecule has 4 rings (SSSR count). The van der Waals surface area contributed by atoms with Crippen molar-refractivity contribution in [1.82, 2.24) is 10.2 Å². The smallest absolute Gasteiger partial charge is 0.255 e. The zero-order chi connectivity index (χ0) is 19.0. The van der Waals surface area contributed by atoms with Crippen molar-refractivity contribution < 1.29 is 14.0 Å². The van der Waals surface area contributed by atoms with Crippen molar-refractivity contribution in [3.8, 4) is 0 Å². The van der Waals surface area contributed by atoms with Crippen LogP contribution in [0.2, 0.25) is 5.02 Å². The SMILES string of the molecule is O=C1NC2(CCN(C(=O)Cc3cccc(F)c3)CC2)Nc2cc(Cl)ccc21. The summed E-state index contributed by atoms with van der Waals surface area (Å²) in [4.78, 5) is 26.7. The molecule has 2 amide bonds. The Morgan fingerprint density at radius 2 is 1.93 bits per heavy atom. The zero-order valence-corrected chi connectivity index (χ0v) is 15.4. The van der Waals surface area contributed by atoms with Gasteiger partial charge in [0.2, 0.25) is 5.91 Å². The number of halogens is 2. The number of likely N-dealkylation sites (tertiary alicyclic amines) is 1. The quantitative estimate of drug-likeness (QED) is 0.831. The monoisotopic (exact) mass is 387 g/mol. The molecule has 1 fully saturated rings. The molecule has 0 bridgehead atoms. The van der Waals surface area contributed by atoms with Gasteiger partial charge in [0.05, 0.1) is 17.7 Å². The molecule has 0 aliphatic carbocycles. The third-order valence-electron chi connectivity index (χ3n) is 5.17.